The number of pyridine rings is 1. The fraction of sp³-hybridized carbons (Fsp3) is 0.167. The number of rotatable bonds is 10. The SMILES string of the molecule is C=CCN(c1ccc(OC)cc1)S(=O)(=O)c1ccc(Cl)c(C(=O)NCCc2cccnc2)c1. The number of anilines is 1. The van der Waals surface area contributed by atoms with E-state index in [-0.39, 0.29) is 22.0 Å². The Balaban J connectivity index is 1.84. The van der Waals surface area contributed by atoms with E-state index in [1.807, 2.05) is 12.1 Å². The average molecular weight is 486 g/mol. The molecule has 0 unspecified atom stereocenters. The summed E-state index contributed by atoms with van der Waals surface area (Å²) in [6.07, 6.45) is 5.47. The van der Waals surface area contributed by atoms with Crippen molar-refractivity contribution < 1.29 is 17.9 Å². The Kier molecular flexibility index (Phi) is 8.08. The zero-order valence-corrected chi connectivity index (χ0v) is 19.6. The summed E-state index contributed by atoms with van der Waals surface area (Å²) in [5, 5.41) is 2.94. The Labute approximate surface area is 198 Å². The Hall–Kier alpha value is -3.36. The number of sulfonamides is 1. The molecule has 0 atom stereocenters. The highest BCUT2D eigenvalue weighted by atomic mass is 35.5. The van der Waals surface area contributed by atoms with Crippen LogP contribution in [0.5, 0.6) is 5.75 Å². The maximum absolute atomic E-state index is 13.4. The zero-order chi connectivity index (χ0) is 23.8. The molecule has 33 heavy (non-hydrogen) atoms. The van der Waals surface area contributed by atoms with Gasteiger partial charge < -0.3 is 10.1 Å². The predicted octanol–water partition coefficient (Wildman–Crippen LogP) is 4.10. The summed E-state index contributed by atoms with van der Waals surface area (Å²) in [7, 11) is -2.47. The van der Waals surface area contributed by atoms with Crippen LogP contribution in [0, 0.1) is 0 Å². The van der Waals surface area contributed by atoms with Crippen molar-refractivity contribution in [1.29, 1.82) is 0 Å². The van der Waals surface area contributed by atoms with Gasteiger partial charge in [0.2, 0.25) is 0 Å². The molecule has 1 aromatic heterocycles. The standard InChI is InChI=1S/C24H24ClN3O4S/c1-3-15-28(19-6-8-20(32-2)9-7-19)33(30,31)21-10-11-23(25)22(16-21)24(29)27-14-12-18-5-4-13-26-17-18/h3-11,13,16-17H,1,12,14-15H2,2H3,(H,27,29). The van der Waals surface area contributed by atoms with E-state index >= 15 is 0 Å². The molecule has 3 rings (SSSR count). The molecule has 0 aliphatic rings. The quantitative estimate of drug-likeness (QED) is 0.437. The normalized spacial score (nSPS) is 11.0. The minimum absolute atomic E-state index is 0.0456. The van der Waals surface area contributed by atoms with E-state index < -0.39 is 15.9 Å². The van der Waals surface area contributed by atoms with Crippen molar-refractivity contribution in [3.63, 3.8) is 0 Å². The molecule has 0 spiro atoms. The van der Waals surface area contributed by atoms with E-state index in [1.165, 1.54) is 35.7 Å². The van der Waals surface area contributed by atoms with Crippen LogP contribution in [0.4, 0.5) is 5.69 Å². The van der Waals surface area contributed by atoms with Gasteiger partial charge in [0.05, 0.1) is 34.8 Å². The molecule has 0 saturated carbocycles. The summed E-state index contributed by atoms with van der Waals surface area (Å²) in [5.41, 5.74) is 1.49. The van der Waals surface area contributed by atoms with Gasteiger partial charge in [-0.2, -0.15) is 0 Å². The third-order valence-electron chi connectivity index (χ3n) is 4.85. The topological polar surface area (TPSA) is 88.6 Å². The number of amides is 1. The van der Waals surface area contributed by atoms with E-state index in [0.29, 0.717) is 24.4 Å². The van der Waals surface area contributed by atoms with Gasteiger partial charge >= 0.3 is 0 Å². The molecule has 1 N–H and O–H groups in total. The van der Waals surface area contributed by atoms with Gasteiger partial charge in [0, 0.05) is 18.9 Å². The van der Waals surface area contributed by atoms with Gasteiger partial charge in [-0.25, -0.2) is 8.42 Å². The molecule has 9 heteroatoms. The van der Waals surface area contributed by atoms with Crippen molar-refractivity contribution in [2.24, 2.45) is 0 Å². The van der Waals surface area contributed by atoms with E-state index in [1.54, 1.807) is 36.7 Å². The molecular formula is C24H24ClN3O4S. The van der Waals surface area contributed by atoms with Crippen molar-refractivity contribution in [1.82, 2.24) is 10.3 Å². The number of halogens is 1. The van der Waals surface area contributed by atoms with Crippen LogP contribution in [0.3, 0.4) is 0 Å². The molecule has 0 bridgehead atoms. The summed E-state index contributed by atoms with van der Waals surface area (Å²) in [6, 6.07) is 14.4. The number of nitrogens with zero attached hydrogens (tertiary/aromatic N) is 2. The van der Waals surface area contributed by atoms with Crippen LogP contribution in [0.2, 0.25) is 5.02 Å². The van der Waals surface area contributed by atoms with Crippen LogP contribution in [0.25, 0.3) is 0 Å². The lowest BCUT2D eigenvalue weighted by molar-refractivity contribution is 0.0954. The molecule has 0 fully saturated rings. The zero-order valence-electron chi connectivity index (χ0n) is 18.1. The van der Waals surface area contributed by atoms with Crippen LogP contribution in [-0.2, 0) is 16.4 Å². The first-order valence-corrected chi connectivity index (χ1v) is 11.9. The Morgan fingerprint density at radius 1 is 1.21 bits per heavy atom. The van der Waals surface area contributed by atoms with Gasteiger partial charge in [-0.05, 0) is 60.5 Å². The summed E-state index contributed by atoms with van der Waals surface area (Å²) in [4.78, 5) is 16.7. The molecule has 7 nitrogen and oxygen atoms in total. The molecule has 172 valence electrons. The first-order chi connectivity index (χ1) is 15.9. The van der Waals surface area contributed by atoms with Crippen LogP contribution >= 0.6 is 11.6 Å². The number of carbonyl (C=O) groups excluding carboxylic acids is 1. The van der Waals surface area contributed by atoms with E-state index in [9.17, 15) is 13.2 Å². The van der Waals surface area contributed by atoms with Gasteiger partial charge in [0.15, 0.2) is 0 Å². The third kappa shape index (κ3) is 5.91. The van der Waals surface area contributed by atoms with Crippen molar-refractivity contribution in [3.8, 4) is 5.75 Å². The minimum Gasteiger partial charge on any atom is -0.497 e. The average Bonchev–Trinajstić information content (AvgIpc) is 2.83. The lowest BCUT2D eigenvalue weighted by Gasteiger charge is -2.23. The van der Waals surface area contributed by atoms with E-state index in [0.717, 1.165) is 5.56 Å². The number of aromatic nitrogens is 1. The lowest BCUT2D eigenvalue weighted by atomic mass is 10.2. The summed E-state index contributed by atoms with van der Waals surface area (Å²) >= 11 is 6.22. The van der Waals surface area contributed by atoms with E-state index in [2.05, 4.69) is 16.9 Å². The number of methoxy groups -OCH3 is 1. The summed E-state index contributed by atoms with van der Waals surface area (Å²) in [6.45, 7) is 4.06. The second-order valence-electron chi connectivity index (χ2n) is 7.03. The molecule has 0 radical (unpaired) electrons. The first-order valence-electron chi connectivity index (χ1n) is 10.1. The van der Waals surface area contributed by atoms with Crippen LogP contribution < -0.4 is 14.4 Å². The number of benzene rings is 2. The van der Waals surface area contributed by atoms with Crippen LogP contribution in [-0.4, -0.2) is 39.5 Å². The third-order valence-corrected chi connectivity index (χ3v) is 6.97. The van der Waals surface area contributed by atoms with Crippen molar-refractivity contribution in [3.05, 3.63) is 95.8 Å². The Morgan fingerprint density at radius 3 is 2.61 bits per heavy atom. The second-order valence-corrected chi connectivity index (χ2v) is 9.30. The highest BCUT2D eigenvalue weighted by Crippen LogP contribution is 2.28. The maximum atomic E-state index is 13.4. The van der Waals surface area contributed by atoms with Crippen LogP contribution in [0.15, 0.2) is 84.5 Å². The van der Waals surface area contributed by atoms with Crippen molar-refractivity contribution >= 4 is 33.2 Å². The van der Waals surface area contributed by atoms with Gasteiger partial charge in [0.1, 0.15) is 5.75 Å². The molecule has 0 aliphatic heterocycles. The Bertz CT molecular complexity index is 1220. The molecular weight excluding hydrogens is 462 g/mol. The van der Waals surface area contributed by atoms with Crippen molar-refractivity contribution in [2.45, 2.75) is 11.3 Å². The van der Waals surface area contributed by atoms with Gasteiger partial charge in [0.25, 0.3) is 15.9 Å². The monoisotopic (exact) mass is 485 g/mol. The minimum atomic E-state index is -4.00. The molecule has 3 aromatic rings. The largest absolute Gasteiger partial charge is 0.497 e. The number of nitrogens with one attached hydrogen (secondary N) is 1. The molecule has 0 saturated heterocycles. The van der Waals surface area contributed by atoms with E-state index in [4.69, 9.17) is 16.3 Å². The van der Waals surface area contributed by atoms with Crippen LogP contribution in [0.1, 0.15) is 15.9 Å². The molecule has 0 aliphatic carbocycles. The number of hydrogen-bond donors (Lipinski definition) is 1. The Morgan fingerprint density at radius 2 is 1.97 bits per heavy atom. The summed E-state index contributed by atoms with van der Waals surface area (Å²) < 4.78 is 33.2. The smallest absolute Gasteiger partial charge is 0.264 e. The highest BCUT2D eigenvalue weighted by Gasteiger charge is 2.26. The number of ether oxygens (including phenoxy) is 1. The lowest BCUT2D eigenvalue weighted by Crippen LogP contribution is -2.31. The molecule has 1 heterocycles. The van der Waals surface area contributed by atoms with Crippen molar-refractivity contribution in [2.75, 3.05) is 24.5 Å². The number of hydrogen-bond acceptors (Lipinski definition) is 5. The molecule has 2 aromatic carbocycles. The predicted molar refractivity (Wildman–Crippen MR) is 129 cm³/mol. The molecule has 1 amide bonds. The first kappa shape index (κ1) is 24.3. The number of carbonyl (C=O) groups is 1. The highest BCUT2D eigenvalue weighted by molar-refractivity contribution is 7.92. The van der Waals surface area contributed by atoms with Gasteiger partial charge in [-0.15, -0.1) is 6.58 Å². The van der Waals surface area contributed by atoms with Gasteiger partial charge in [-0.3, -0.25) is 14.1 Å². The fourth-order valence-electron chi connectivity index (χ4n) is 3.14. The van der Waals surface area contributed by atoms with Gasteiger partial charge in [-0.1, -0.05) is 23.7 Å². The summed E-state index contributed by atoms with van der Waals surface area (Å²) in [5.74, 6) is 0.145. The fourth-order valence-corrected chi connectivity index (χ4v) is 4.80. The maximum Gasteiger partial charge on any atom is 0.264 e. The second kappa shape index (κ2) is 11.0.